The molecule has 2 aliphatic rings. The third-order valence-electron chi connectivity index (χ3n) is 5.74. The zero-order chi connectivity index (χ0) is 19.8. The molecule has 29 heavy (non-hydrogen) atoms. The van der Waals surface area contributed by atoms with Crippen LogP contribution in [0.5, 0.6) is 0 Å². The SMILES string of the molecule is Cc1c(C(=O)N2CCSCC2)cnn1-c1ncc2c(n1)-c1ccccc1CCC2. The van der Waals surface area contributed by atoms with Crippen LogP contribution in [-0.4, -0.2) is 55.2 Å². The van der Waals surface area contributed by atoms with Crippen LogP contribution in [0.1, 0.15) is 33.6 Å². The van der Waals surface area contributed by atoms with Crippen LogP contribution in [0.15, 0.2) is 36.7 Å². The number of nitrogens with zero attached hydrogens (tertiary/aromatic N) is 5. The van der Waals surface area contributed by atoms with Crippen LogP contribution in [0.25, 0.3) is 17.2 Å². The zero-order valence-electron chi connectivity index (χ0n) is 16.5. The van der Waals surface area contributed by atoms with E-state index in [0.717, 1.165) is 55.2 Å². The lowest BCUT2D eigenvalue weighted by Crippen LogP contribution is -2.38. The summed E-state index contributed by atoms with van der Waals surface area (Å²) in [7, 11) is 0. The zero-order valence-corrected chi connectivity index (χ0v) is 17.3. The lowest BCUT2D eigenvalue weighted by Gasteiger charge is -2.26. The van der Waals surface area contributed by atoms with Gasteiger partial charge in [-0.2, -0.15) is 16.9 Å². The molecule has 1 aromatic carbocycles. The van der Waals surface area contributed by atoms with E-state index in [9.17, 15) is 4.79 Å². The molecule has 1 aliphatic carbocycles. The van der Waals surface area contributed by atoms with E-state index in [-0.39, 0.29) is 5.91 Å². The van der Waals surface area contributed by atoms with Gasteiger partial charge < -0.3 is 4.90 Å². The molecule has 0 unspecified atom stereocenters. The molecule has 3 heterocycles. The molecule has 1 aliphatic heterocycles. The Bertz CT molecular complexity index is 1070. The number of fused-ring (bicyclic) bond motifs is 3. The maximum absolute atomic E-state index is 12.9. The monoisotopic (exact) mass is 405 g/mol. The summed E-state index contributed by atoms with van der Waals surface area (Å²) in [6.45, 7) is 3.50. The molecular formula is C22H23N5OS. The Hall–Kier alpha value is -2.67. The van der Waals surface area contributed by atoms with E-state index in [1.165, 1.54) is 16.7 Å². The predicted octanol–water partition coefficient (Wildman–Crippen LogP) is 3.32. The van der Waals surface area contributed by atoms with E-state index in [1.807, 2.05) is 29.8 Å². The average molecular weight is 406 g/mol. The molecule has 7 heteroatoms. The highest BCUT2D eigenvalue weighted by Gasteiger charge is 2.24. The fourth-order valence-corrected chi connectivity index (χ4v) is 5.02. The summed E-state index contributed by atoms with van der Waals surface area (Å²) in [6, 6.07) is 8.46. The normalized spacial score (nSPS) is 16.1. The molecule has 148 valence electrons. The maximum atomic E-state index is 12.9. The molecule has 0 bridgehead atoms. The second-order valence-corrected chi connectivity index (χ2v) is 8.74. The van der Waals surface area contributed by atoms with E-state index < -0.39 is 0 Å². The summed E-state index contributed by atoms with van der Waals surface area (Å²) >= 11 is 1.89. The van der Waals surface area contributed by atoms with Crippen molar-refractivity contribution >= 4 is 17.7 Å². The van der Waals surface area contributed by atoms with Crippen molar-refractivity contribution < 1.29 is 4.79 Å². The molecule has 0 atom stereocenters. The number of thioether (sulfide) groups is 1. The molecule has 0 radical (unpaired) electrons. The molecule has 1 amide bonds. The molecule has 3 aromatic rings. The molecule has 0 saturated carbocycles. The van der Waals surface area contributed by atoms with Gasteiger partial charge in [0.25, 0.3) is 11.9 Å². The average Bonchev–Trinajstić information content (AvgIpc) is 3.05. The molecule has 6 nitrogen and oxygen atoms in total. The fraction of sp³-hybridized carbons (Fsp3) is 0.364. The van der Waals surface area contributed by atoms with Gasteiger partial charge in [0.2, 0.25) is 0 Å². The quantitative estimate of drug-likeness (QED) is 0.654. The number of hydrogen-bond donors (Lipinski definition) is 0. The highest BCUT2D eigenvalue weighted by Crippen LogP contribution is 2.31. The Morgan fingerprint density at radius 1 is 1.07 bits per heavy atom. The van der Waals surface area contributed by atoms with Crippen molar-refractivity contribution in [2.24, 2.45) is 0 Å². The first kappa shape index (κ1) is 18.4. The minimum Gasteiger partial charge on any atom is -0.337 e. The van der Waals surface area contributed by atoms with Gasteiger partial charge in [-0.3, -0.25) is 4.79 Å². The number of benzene rings is 1. The van der Waals surface area contributed by atoms with Crippen LogP contribution in [-0.2, 0) is 12.8 Å². The Balaban J connectivity index is 1.53. The van der Waals surface area contributed by atoms with Crippen LogP contribution in [0.2, 0.25) is 0 Å². The first-order valence-corrected chi connectivity index (χ1v) is 11.2. The van der Waals surface area contributed by atoms with Crippen molar-refractivity contribution in [3.63, 3.8) is 0 Å². The summed E-state index contributed by atoms with van der Waals surface area (Å²) in [5, 5.41) is 4.47. The lowest BCUT2D eigenvalue weighted by molar-refractivity contribution is 0.0771. The molecule has 0 spiro atoms. The Kier molecular flexibility index (Phi) is 4.83. The van der Waals surface area contributed by atoms with Gasteiger partial charge in [0, 0.05) is 36.4 Å². The van der Waals surface area contributed by atoms with Crippen LogP contribution < -0.4 is 0 Å². The van der Waals surface area contributed by atoms with Crippen molar-refractivity contribution in [1.82, 2.24) is 24.6 Å². The maximum Gasteiger partial charge on any atom is 0.257 e. The van der Waals surface area contributed by atoms with Gasteiger partial charge in [0.05, 0.1) is 23.1 Å². The molecule has 5 rings (SSSR count). The van der Waals surface area contributed by atoms with E-state index in [4.69, 9.17) is 4.98 Å². The summed E-state index contributed by atoms with van der Waals surface area (Å²) < 4.78 is 1.69. The second kappa shape index (κ2) is 7.63. The Labute approximate surface area is 174 Å². The number of aryl methyl sites for hydroxylation is 2. The summed E-state index contributed by atoms with van der Waals surface area (Å²) in [5.41, 5.74) is 6.08. The largest absolute Gasteiger partial charge is 0.337 e. The highest BCUT2D eigenvalue weighted by molar-refractivity contribution is 7.99. The van der Waals surface area contributed by atoms with Crippen LogP contribution in [0, 0.1) is 6.92 Å². The number of aromatic nitrogens is 4. The lowest BCUT2D eigenvalue weighted by atomic mass is 10.0. The Morgan fingerprint density at radius 3 is 2.72 bits per heavy atom. The van der Waals surface area contributed by atoms with Gasteiger partial charge in [0.15, 0.2) is 0 Å². The summed E-state index contributed by atoms with van der Waals surface area (Å²) in [5.74, 6) is 2.55. The molecule has 0 N–H and O–H groups in total. The topological polar surface area (TPSA) is 63.9 Å². The predicted molar refractivity (Wildman–Crippen MR) is 115 cm³/mol. The van der Waals surface area contributed by atoms with Crippen LogP contribution >= 0.6 is 11.8 Å². The van der Waals surface area contributed by atoms with Crippen LogP contribution in [0.3, 0.4) is 0 Å². The minimum atomic E-state index is 0.0501. The van der Waals surface area contributed by atoms with Gasteiger partial charge in [-0.05, 0) is 37.3 Å². The van der Waals surface area contributed by atoms with Gasteiger partial charge in [-0.15, -0.1) is 0 Å². The number of rotatable bonds is 2. The van der Waals surface area contributed by atoms with E-state index in [0.29, 0.717) is 11.5 Å². The van der Waals surface area contributed by atoms with Crippen molar-refractivity contribution in [1.29, 1.82) is 0 Å². The van der Waals surface area contributed by atoms with E-state index >= 15 is 0 Å². The third-order valence-corrected chi connectivity index (χ3v) is 6.69. The van der Waals surface area contributed by atoms with Crippen molar-refractivity contribution in [3.05, 3.63) is 59.0 Å². The number of hydrogen-bond acceptors (Lipinski definition) is 5. The van der Waals surface area contributed by atoms with Gasteiger partial charge in [0.1, 0.15) is 0 Å². The van der Waals surface area contributed by atoms with E-state index in [1.54, 1.807) is 10.9 Å². The molecule has 2 aromatic heterocycles. The van der Waals surface area contributed by atoms with Gasteiger partial charge in [-0.25, -0.2) is 14.6 Å². The fourth-order valence-electron chi connectivity index (χ4n) is 4.11. The van der Waals surface area contributed by atoms with Gasteiger partial charge in [-0.1, -0.05) is 24.3 Å². The van der Waals surface area contributed by atoms with Crippen molar-refractivity contribution in [3.8, 4) is 17.2 Å². The minimum absolute atomic E-state index is 0.0501. The molecule has 1 fully saturated rings. The van der Waals surface area contributed by atoms with Crippen molar-refractivity contribution in [2.75, 3.05) is 24.6 Å². The standard InChI is InChI=1S/C22H23N5OS/c1-15-19(21(28)26-9-11-29-12-10-26)14-24-27(15)22-23-13-17-7-4-6-16-5-2-3-8-18(16)20(17)25-22/h2-3,5,8,13-14H,4,6-7,9-12H2,1H3. The highest BCUT2D eigenvalue weighted by atomic mass is 32.2. The first-order chi connectivity index (χ1) is 14.2. The third kappa shape index (κ3) is 3.33. The number of carbonyl (C=O) groups is 1. The number of amides is 1. The first-order valence-electron chi connectivity index (χ1n) is 10.1. The molecular weight excluding hydrogens is 382 g/mol. The smallest absolute Gasteiger partial charge is 0.257 e. The summed E-state index contributed by atoms with van der Waals surface area (Å²) in [6.07, 6.45) is 6.70. The second-order valence-electron chi connectivity index (χ2n) is 7.51. The van der Waals surface area contributed by atoms with Gasteiger partial charge >= 0.3 is 0 Å². The van der Waals surface area contributed by atoms with Crippen LogP contribution in [0.4, 0.5) is 0 Å². The van der Waals surface area contributed by atoms with Crippen molar-refractivity contribution in [2.45, 2.75) is 26.2 Å². The molecule has 1 saturated heterocycles. The number of carbonyl (C=O) groups excluding carboxylic acids is 1. The van der Waals surface area contributed by atoms with E-state index in [2.05, 4.69) is 34.3 Å². The summed E-state index contributed by atoms with van der Waals surface area (Å²) in [4.78, 5) is 24.3. The Morgan fingerprint density at radius 2 is 1.86 bits per heavy atom.